The topological polar surface area (TPSA) is 28.2 Å². The Morgan fingerprint density at radius 1 is 1.38 bits per heavy atom. The summed E-state index contributed by atoms with van der Waals surface area (Å²) in [4.78, 5) is 7.18. The number of nitrogens with zero attached hydrogens (tertiary/aromatic N) is 2. The molecule has 2 saturated carbocycles. The van der Waals surface area contributed by atoms with Crippen LogP contribution in [0.3, 0.4) is 0 Å². The summed E-state index contributed by atoms with van der Waals surface area (Å²) in [6.07, 6.45) is 5.93. The van der Waals surface area contributed by atoms with Crippen molar-refractivity contribution in [1.29, 1.82) is 0 Å². The molecule has 1 heterocycles. The average Bonchev–Trinajstić information content (AvgIpc) is 3.13. The minimum Gasteiger partial charge on any atom is -0.351 e. The Kier molecular flexibility index (Phi) is 4.85. The molecule has 21 heavy (non-hydrogen) atoms. The molecule has 118 valence electrons. The van der Waals surface area contributed by atoms with Crippen LogP contribution >= 0.6 is 11.3 Å². The summed E-state index contributed by atoms with van der Waals surface area (Å²) in [6, 6.07) is 0. The molecule has 0 amide bonds. The zero-order chi connectivity index (χ0) is 14.8. The summed E-state index contributed by atoms with van der Waals surface area (Å²) >= 11 is 1.79. The Balaban J connectivity index is 1.48. The normalized spacial score (nSPS) is 27.7. The van der Waals surface area contributed by atoms with E-state index in [1.165, 1.54) is 43.1 Å². The molecule has 0 aliphatic heterocycles. The molecule has 0 radical (unpaired) electrons. The molecular weight excluding hydrogens is 278 g/mol. The van der Waals surface area contributed by atoms with Gasteiger partial charge in [-0.05, 0) is 49.5 Å². The van der Waals surface area contributed by atoms with Crippen LogP contribution in [0.4, 0.5) is 5.13 Å². The summed E-state index contributed by atoms with van der Waals surface area (Å²) < 4.78 is 0. The van der Waals surface area contributed by atoms with Crippen molar-refractivity contribution in [2.24, 2.45) is 23.7 Å². The van der Waals surface area contributed by atoms with Gasteiger partial charge in [0.15, 0.2) is 5.13 Å². The number of fused-ring (bicyclic) bond motifs is 2. The molecule has 3 atom stereocenters. The predicted molar refractivity (Wildman–Crippen MR) is 90.9 cm³/mol. The molecule has 1 N–H and O–H groups in total. The molecule has 2 aliphatic rings. The lowest BCUT2D eigenvalue weighted by atomic mass is 9.88. The first-order valence-electron chi connectivity index (χ1n) is 8.48. The van der Waals surface area contributed by atoms with Gasteiger partial charge >= 0.3 is 0 Å². The van der Waals surface area contributed by atoms with E-state index in [0.29, 0.717) is 5.92 Å². The Labute approximate surface area is 133 Å². The minimum absolute atomic E-state index is 0.698. The van der Waals surface area contributed by atoms with E-state index in [1.54, 1.807) is 11.3 Å². The number of aromatic nitrogens is 1. The van der Waals surface area contributed by atoms with Crippen molar-refractivity contribution in [3.63, 3.8) is 0 Å². The third kappa shape index (κ3) is 3.78. The highest BCUT2D eigenvalue weighted by atomic mass is 32.1. The molecule has 0 aromatic carbocycles. The summed E-state index contributed by atoms with van der Waals surface area (Å²) in [7, 11) is 2.22. The van der Waals surface area contributed by atoms with Crippen LogP contribution in [0, 0.1) is 23.7 Å². The fourth-order valence-electron chi connectivity index (χ4n) is 4.07. The predicted octanol–water partition coefficient (Wildman–Crippen LogP) is 3.76. The monoisotopic (exact) mass is 307 g/mol. The van der Waals surface area contributed by atoms with E-state index in [1.807, 2.05) is 0 Å². The second kappa shape index (κ2) is 6.66. The number of anilines is 1. The van der Waals surface area contributed by atoms with Crippen LogP contribution < -0.4 is 10.2 Å². The maximum atomic E-state index is 4.79. The molecule has 3 nitrogen and oxygen atoms in total. The van der Waals surface area contributed by atoms with Crippen LogP contribution in [0.1, 0.15) is 45.2 Å². The number of thiazole rings is 1. The zero-order valence-electron chi connectivity index (χ0n) is 13.6. The lowest BCUT2D eigenvalue weighted by Gasteiger charge is -2.26. The van der Waals surface area contributed by atoms with E-state index in [4.69, 9.17) is 4.98 Å². The van der Waals surface area contributed by atoms with Gasteiger partial charge in [0.1, 0.15) is 0 Å². The summed E-state index contributed by atoms with van der Waals surface area (Å²) in [6.45, 7) is 7.64. The maximum Gasteiger partial charge on any atom is 0.185 e. The van der Waals surface area contributed by atoms with E-state index in [0.717, 1.165) is 30.8 Å². The highest BCUT2D eigenvalue weighted by Crippen LogP contribution is 2.48. The van der Waals surface area contributed by atoms with Gasteiger partial charge in [-0.1, -0.05) is 20.3 Å². The van der Waals surface area contributed by atoms with Crippen LogP contribution in [0.15, 0.2) is 5.38 Å². The SMILES string of the molecule is CC(C)CNCc1csc(N(C)CC2CC3CCC2C3)n1. The van der Waals surface area contributed by atoms with Crippen molar-refractivity contribution in [3.8, 4) is 0 Å². The van der Waals surface area contributed by atoms with E-state index in [2.05, 4.69) is 36.5 Å². The van der Waals surface area contributed by atoms with E-state index in [-0.39, 0.29) is 0 Å². The van der Waals surface area contributed by atoms with Gasteiger partial charge in [0.05, 0.1) is 5.69 Å². The molecule has 4 heteroatoms. The van der Waals surface area contributed by atoms with Gasteiger partial charge in [-0.25, -0.2) is 4.98 Å². The first kappa shape index (κ1) is 15.3. The van der Waals surface area contributed by atoms with Crippen LogP contribution in [-0.4, -0.2) is 25.1 Å². The lowest BCUT2D eigenvalue weighted by Crippen LogP contribution is -2.28. The molecule has 1 aromatic rings. The molecule has 2 bridgehead atoms. The first-order valence-corrected chi connectivity index (χ1v) is 9.36. The van der Waals surface area contributed by atoms with Gasteiger partial charge in [0.25, 0.3) is 0 Å². The van der Waals surface area contributed by atoms with Crippen molar-refractivity contribution in [2.75, 3.05) is 25.0 Å². The first-order chi connectivity index (χ1) is 10.1. The van der Waals surface area contributed by atoms with E-state index < -0.39 is 0 Å². The largest absolute Gasteiger partial charge is 0.351 e. The van der Waals surface area contributed by atoms with Crippen molar-refractivity contribution in [3.05, 3.63) is 11.1 Å². The Bertz CT molecular complexity index is 457. The number of hydrogen-bond acceptors (Lipinski definition) is 4. The van der Waals surface area contributed by atoms with Crippen LogP contribution in [0.25, 0.3) is 0 Å². The Hall–Kier alpha value is -0.610. The maximum absolute atomic E-state index is 4.79. The van der Waals surface area contributed by atoms with E-state index >= 15 is 0 Å². The molecule has 0 saturated heterocycles. The van der Waals surface area contributed by atoms with Crippen LogP contribution in [-0.2, 0) is 6.54 Å². The average molecular weight is 308 g/mol. The van der Waals surface area contributed by atoms with Crippen LogP contribution in [0.5, 0.6) is 0 Å². The second-order valence-electron chi connectivity index (χ2n) is 7.46. The number of rotatable bonds is 7. The van der Waals surface area contributed by atoms with Gasteiger partial charge < -0.3 is 10.2 Å². The zero-order valence-corrected chi connectivity index (χ0v) is 14.5. The molecule has 2 aliphatic carbocycles. The Morgan fingerprint density at radius 2 is 2.24 bits per heavy atom. The van der Waals surface area contributed by atoms with Crippen molar-refractivity contribution in [2.45, 2.75) is 46.1 Å². The third-order valence-corrected chi connectivity index (χ3v) is 6.12. The Morgan fingerprint density at radius 3 is 2.90 bits per heavy atom. The molecular formula is C17H29N3S. The number of hydrogen-bond donors (Lipinski definition) is 1. The minimum atomic E-state index is 0.698. The standard InChI is InChI=1S/C17H29N3S/c1-12(2)8-18-9-16-11-21-17(19-16)20(3)10-15-7-13-4-5-14(15)6-13/h11-15,18H,4-10H2,1-3H3. The van der Waals surface area contributed by atoms with Gasteiger partial charge in [0.2, 0.25) is 0 Å². The fraction of sp³-hybridized carbons (Fsp3) is 0.824. The summed E-state index contributed by atoms with van der Waals surface area (Å²) in [5.41, 5.74) is 1.19. The van der Waals surface area contributed by atoms with Crippen molar-refractivity contribution >= 4 is 16.5 Å². The van der Waals surface area contributed by atoms with Crippen LogP contribution in [0.2, 0.25) is 0 Å². The highest BCUT2D eigenvalue weighted by molar-refractivity contribution is 7.13. The van der Waals surface area contributed by atoms with Gasteiger partial charge in [-0.15, -0.1) is 11.3 Å². The third-order valence-electron chi connectivity index (χ3n) is 5.12. The molecule has 3 unspecified atom stereocenters. The van der Waals surface area contributed by atoms with Gasteiger partial charge in [0, 0.05) is 25.5 Å². The summed E-state index contributed by atoms with van der Waals surface area (Å²) in [5, 5.41) is 6.88. The smallest absolute Gasteiger partial charge is 0.185 e. The lowest BCUT2D eigenvalue weighted by molar-refractivity contribution is 0.337. The second-order valence-corrected chi connectivity index (χ2v) is 8.30. The molecule has 0 spiro atoms. The summed E-state index contributed by atoms with van der Waals surface area (Å²) in [5.74, 6) is 3.66. The number of nitrogens with one attached hydrogen (secondary N) is 1. The molecule has 3 rings (SSSR count). The molecule has 2 fully saturated rings. The van der Waals surface area contributed by atoms with Crippen molar-refractivity contribution < 1.29 is 0 Å². The van der Waals surface area contributed by atoms with Gasteiger partial charge in [-0.2, -0.15) is 0 Å². The fourth-order valence-corrected chi connectivity index (χ4v) is 4.87. The van der Waals surface area contributed by atoms with Gasteiger partial charge in [-0.3, -0.25) is 0 Å². The van der Waals surface area contributed by atoms with Crippen molar-refractivity contribution in [1.82, 2.24) is 10.3 Å². The van der Waals surface area contributed by atoms with E-state index in [9.17, 15) is 0 Å². The highest BCUT2D eigenvalue weighted by Gasteiger charge is 2.39. The molecule has 1 aromatic heterocycles. The quantitative estimate of drug-likeness (QED) is 0.831.